The summed E-state index contributed by atoms with van der Waals surface area (Å²) in [5.41, 5.74) is 2.90. The molecular formula is C14H19N. The Morgan fingerprint density at radius 1 is 1.53 bits per heavy atom. The van der Waals surface area contributed by atoms with Gasteiger partial charge in [0.15, 0.2) is 0 Å². The van der Waals surface area contributed by atoms with Crippen LogP contribution in [0.25, 0.3) is 0 Å². The van der Waals surface area contributed by atoms with Crippen LogP contribution in [0, 0.1) is 5.92 Å². The summed E-state index contributed by atoms with van der Waals surface area (Å²) in [6.07, 6.45) is 12.3. The molecule has 0 saturated carbocycles. The second-order valence-electron chi connectivity index (χ2n) is 4.50. The smallest absolute Gasteiger partial charge is 0.0308 e. The molecule has 2 atom stereocenters. The first-order chi connectivity index (χ1) is 7.33. The van der Waals surface area contributed by atoms with E-state index >= 15 is 0 Å². The van der Waals surface area contributed by atoms with Gasteiger partial charge in [0.1, 0.15) is 0 Å². The molecule has 15 heavy (non-hydrogen) atoms. The molecule has 0 bridgehead atoms. The summed E-state index contributed by atoms with van der Waals surface area (Å²) in [6, 6.07) is 2.16. The zero-order valence-corrected chi connectivity index (χ0v) is 9.61. The number of nitrogens with zero attached hydrogens (tertiary/aromatic N) is 1. The summed E-state index contributed by atoms with van der Waals surface area (Å²) in [5, 5.41) is 0. The summed E-state index contributed by atoms with van der Waals surface area (Å²) in [5.74, 6) is 1.32. The molecule has 2 unspecified atom stereocenters. The van der Waals surface area contributed by atoms with E-state index in [9.17, 15) is 0 Å². The highest BCUT2D eigenvalue weighted by molar-refractivity contribution is 5.36. The van der Waals surface area contributed by atoms with Crippen LogP contribution in [0.15, 0.2) is 30.6 Å². The molecule has 1 aliphatic carbocycles. The topological polar surface area (TPSA) is 12.9 Å². The molecule has 1 aromatic heterocycles. The molecule has 0 spiro atoms. The van der Waals surface area contributed by atoms with E-state index in [2.05, 4.69) is 43.2 Å². The molecule has 1 aliphatic rings. The van der Waals surface area contributed by atoms with E-state index in [0.717, 1.165) is 12.3 Å². The van der Waals surface area contributed by atoms with Crippen molar-refractivity contribution in [3.05, 3.63) is 41.7 Å². The van der Waals surface area contributed by atoms with Gasteiger partial charge in [-0.05, 0) is 29.5 Å². The lowest BCUT2D eigenvalue weighted by molar-refractivity contribution is 0.471. The van der Waals surface area contributed by atoms with Crippen LogP contribution >= 0.6 is 0 Å². The van der Waals surface area contributed by atoms with E-state index in [1.807, 2.05) is 6.20 Å². The predicted molar refractivity (Wildman–Crippen MR) is 63.9 cm³/mol. The molecule has 1 aromatic rings. The third kappa shape index (κ3) is 2.11. The highest BCUT2D eigenvalue weighted by Gasteiger charge is 2.20. The average molecular weight is 201 g/mol. The summed E-state index contributed by atoms with van der Waals surface area (Å²) in [4.78, 5) is 4.26. The zero-order valence-electron chi connectivity index (χ0n) is 9.61. The number of fused-ring (bicyclic) bond motifs is 1. The van der Waals surface area contributed by atoms with E-state index in [-0.39, 0.29) is 0 Å². The lowest BCUT2D eigenvalue weighted by atomic mass is 9.80. The SMILES string of the molecule is CCCC(C)C1C=CCc2ccncc21. The molecule has 0 N–H and O–H groups in total. The molecular weight excluding hydrogens is 182 g/mol. The molecule has 1 heterocycles. The summed E-state index contributed by atoms with van der Waals surface area (Å²) >= 11 is 0. The number of pyridine rings is 1. The van der Waals surface area contributed by atoms with Crippen LogP contribution in [0.1, 0.15) is 43.7 Å². The maximum atomic E-state index is 4.26. The quantitative estimate of drug-likeness (QED) is 0.679. The van der Waals surface area contributed by atoms with Crippen molar-refractivity contribution >= 4 is 0 Å². The standard InChI is InChI=1S/C14H19N/c1-3-5-11(2)13-7-4-6-12-8-9-15-10-14(12)13/h4,7-11,13H,3,5-6H2,1-2H3. The fraction of sp³-hybridized carbons (Fsp3) is 0.500. The fourth-order valence-electron chi connectivity index (χ4n) is 2.50. The minimum atomic E-state index is 0.586. The maximum absolute atomic E-state index is 4.26. The van der Waals surface area contributed by atoms with Crippen LogP contribution in [0.2, 0.25) is 0 Å². The van der Waals surface area contributed by atoms with Crippen LogP contribution < -0.4 is 0 Å². The van der Waals surface area contributed by atoms with E-state index in [4.69, 9.17) is 0 Å². The Kier molecular flexibility index (Phi) is 3.20. The molecule has 0 radical (unpaired) electrons. The minimum Gasteiger partial charge on any atom is -0.264 e. The van der Waals surface area contributed by atoms with Crippen molar-refractivity contribution in [3.8, 4) is 0 Å². The second kappa shape index (κ2) is 4.61. The third-order valence-corrected chi connectivity index (χ3v) is 3.34. The van der Waals surface area contributed by atoms with Crippen LogP contribution in [-0.4, -0.2) is 4.98 Å². The number of hydrogen-bond donors (Lipinski definition) is 0. The molecule has 1 nitrogen and oxygen atoms in total. The Hall–Kier alpha value is -1.11. The number of hydrogen-bond acceptors (Lipinski definition) is 1. The lowest BCUT2D eigenvalue weighted by Gasteiger charge is -2.25. The summed E-state index contributed by atoms with van der Waals surface area (Å²) < 4.78 is 0. The number of allylic oxidation sites excluding steroid dienone is 2. The molecule has 80 valence electrons. The number of rotatable bonds is 3. The van der Waals surface area contributed by atoms with Crippen molar-refractivity contribution in [2.24, 2.45) is 5.92 Å². The van der Waals surface area contributed by atoms with Crippen molar-refractivity contribution in [3.63, 3.8) is 0 Å². The normalized spacial score (nSPS) is 21.1. The zero-order chi connectivity index (χ0) is 10.7. The minimum absolute atomic E-state index is 0.586. The molecule has 0 amide bonds. The summed E-state index contributed by atoms with van der Waals surface area (Å²) in [6.45, 7) is 4.60. The molecule has 2 rings (SSSR count). The van der Waals surface area contributed by atoms with Gasteiger partial charge in [0.25, 0.3) is 0 Å². The Morgan fingerprint density at radius 3 is 3.20 bits per heavy atom. The molecule has 0 aliphatic heterocycles. The van der Waals surface area contributed by atoms with Crippen molar-refractivity contribution in [1.82, 2.24) is 4.98 Å². The Bertz CT molecular complexity index is 354. The van der Waals surface area contributed by atoms with Gasteiger partial charge in [-0.25, -0.2) is 0 Å². The van der Waals surface area contributed by atoms with Gasteiger partial charge >= 0.3 is 0 Å². The van der Waals surface area contributed by atoms with Gasteiger partial charge in [-0.15, -0.1) is 0 Å². The Balaban J connectivity index is 2.26. The van der Waals surface area contributed by atoms with E-state index < -0.39 is 0 Å². The van der Waals surface area contributed by atoms with Crippen LogP contribution in [0.3, 0.4) is 0 Å². The van der Waals surface area contributed by atoms with Crippen molar-refractivity contribution in [2.75, 3.05) is 0 Å². The highest BCUT2D eigenvalue weighted by atomic mass is 14.6. The first-order valence-corrected chi connectivity index (χ1v) is 5.92. The number of aromatic nitrogens is 1. The van der Waals surface area contributed by atoms with Crippen LogP contribution in [-0.2, 0) is 6.42 Å². The fourth-order valence-corrected chi connectivity index (χ4v) is 2.50. The lowest BCUT2D eigenvalue weighted by Crippen LogP contribution is -2.13. The van der Waals surface area contributed by atoms with Gasteiger partial charge in [-0.1, -0.05) is 38.8 Å². The summed E-state index contributed by atoms with van der Waals surface area (Å²) in [7, 11) is 0. The largest absolute Gasteiger partial charge is 0.264 e. The van der Waals surface area contributed by atoms with Gasteiger partial charge < -0.3 is 0 Å². The van der Waals surface area contributed by atoms with Crippen molar-refractivity contribution < 1.29 is 0 Å². The van der Waals surface area contributed by atoms with Gasteiger partial charge in [0.05, 0.1) is 0 Å². The maximum Gasteiger partial charge on any atom is 0.0308 e. The first-order valence-electron chi connectivity index (χ1n) is 5.92. The first kappa shape index (κ1) is 10.4. The van der Waals surface area contributed by atoms with Crippen molar-refractivity contribution in [1.29, 1.82) is 0 Å². The molecule has 0 saturated heterocycles. The van der Waals surface area contributed by atoms with E-state index in [0.29, 0.717) is 5.92 Å². The molecule has 0 aromatic carbocycles. The molecule has 1 heteroatoms. The van der Waals surface area contributed by atoms with Crippen LogP contribution in [0.5, 0.6) is 0 Å². The van der Waals surface area contributed by atoms with Crippen LogP contribution in [0.4, 0.5) is 0 Å². The van der Waals surface area contributed by atoms with Gasteiger partial charge in [0, 0.05) is 18.3 Å². The van der Waals surface area contributed by atoms with Crippen molar-refractivity contribution in [2.45, 2.75) is 39.0 Å². The monoisotopic (exact) mass is 201 g/mol. The highest BCUT2D eigenvalue weighted by Crippen LogP contribution is 2.34. The van der Waals surface area contributed by atoms with E-state index in [1.54, 1.807) is 0 Å². The third-order valence-electron chi connectivity index (χ3n) is 3.34. The average Bonchev–Trinajstić information content (AvgIpc) is 2.28. The predicted octanol–water partition coefficient (Wildman–Crippen LogP) is 3.71. The van der Waals surface area contributed by atoms with Gasteiger partial charge in [-0.2, -0.15) is 0 Å². The second-order valence-corrected chi connectivity index (χ2v) is 4.50. The molecule has 0 fully saturated rings. The van der Waals surface area contributed by atoms with Gasteiger partial charge in [-0.3, -0.25) is 4.98 Å². The van der Waals surface area contributed by atoms with E-state index in [1.165, 1.54) is 24.0 Å². The Morgan fingerprint density at radius 2 is 2.40 bits per heavy atom. The van der Waals surface area contributed by atoms with Gasteiger partial charge in [0.2, 0.25) is 0 Å². The Labute approximate surface area is 92.2 Å².